The molecule has 2 rings (SSSR count). The number of nitrogens with two attached hydrogens (primary N) is 2. The van der Waals surface area contributed by atoms with Crippen molar-refractivity contribution in [3.63, 3.8) is 0 Å². The van der Waals surface area contributed by atoms with Gasteiger partial charge < -0.3 is 11.1 Å². The minimum absolute atomic E-state index is 0.158. The van der Waals surface area contributed by atoms with Gasteiger partial charge in [-0.05, 0) is 56.7 Å². The number of amides is 3. The van der Waals surface area contributed by atoms with Gasteiger partial charge in [0.1, 0.15) is 6.04 Å². The van der Waals surface area contributed by atoms with E-state index in [1.807, 2.05) is 5.32 Å². The van der Waals surface area contributed by atoms with E-state index in [-0.39, 0.29) is 18.0 Å². The number of nitrogens with one attached hydrogen (secondary N) is 1. The van der Waals surface area contributed by atoms with Crippen LogP contribution in [0.2, 0.25) is 0 Å². The van der Waals surface area contributed by atoms with Crippen molar-refractivity contribution < 1.29 is 14.9 Å². The number of quaternary nitrogens is 1. The van der Waals surface area contributed by atoms with Crippen molar-refractivity contribution in [3.05, 3.63) is 34.9 Å². The number of rotatable bonds is 4. The van der Waals surface area contributed by atoms with Gasteiger partial charge in [0.2, 0.25) is 0 Å². The van der Waals surface area contributed by atoms with Gasteiger partial charge in [-0.15, -0.1) is 0 Å². The molecule has 5 nitrogen and oxygen atoms in total. The molecule has 1 aromatic carbocycles. The molecule has 1 aromatic rings. The SMILES string of the molecule is C[C@H]([NH2+][C@H](C)C(=O)NC(N)=O)c1ccc2c(c1)CCCC2. The number of benzene rings is 1. The van der Waals surface area contributed by atoms with Crippen molar-refractivity contribution >= 4 is 11.9 Å². The summed E-state index contributed by atoms with van der Waals surface area (Å²) in [5, 5.41) is 4.07. The highest BCUT2D eigenvalue weighted by atomic mass is 16.2. The number of primary amides is 1. The molecular weight excluding hydrogens is 266 g/mol. The number of aryl methyl sites for hydroxylation is 2. The summed E-state index contributed by atoms with van der Waals surface area (Å²) >= 11 is 0. The van der Waals surface area contributed by atoms with Crippen LogP contribution in [0.15, 0.2) is 18.2 Å². The molecule has 0 radical (unpaired) electrons. The van der Waals surface area contributed by atoms with Crippen molar-refractivity contribution in [1.29, 1.82) is 0 Å². The highest BCUT2D eigenvalue weighted by Gasteiger charge is 2.22. The molecule has 0 spiro atoms. The predicted molar refractivity (Wildman–Crippen MR) is 80.6 cm³/mol. The summed E-state index contributed by atoms with van der Waals surface area (Å²) in [7, 11) is 0. The fraction of sp³-hybridized carbons (Fsp3) is 0.500. The first-order valence-electron chi connectivity index (χ1n) is 7.54. The van der Waals surface area contributed by atoms with Gasteiger partial charge in [-0.2, -0.15) is 0 Å². The fourth-order valence-corrected chi connectivity index (χ4v) is 2.90. The minimum atomic E-state index is -0.804. The van der Waals surface area contributed by atoms with Crippen molar-refractivity contribution in [3.8, 4) is 0 Å². The Bertz CT molecular complexity index is 542. The van der Waals surface area contributed by atoms with Crippen LogP contribution in [0.1, 0.15) is 49.4 Å². The Morgan fingerprint density at radius 1 is 1.19 bits per heavy atom. The molecule has 0 saturated heterocycles. The number of carbonyl (C=O) groups excluding carboxylic acids is 2. The Labute approximate surface area is 125 Å². The van der Waals surface area contributed by atoms with Crippen molar-refractivity contribution in [2.24, 2.45) is 5.73 Å². The Kier molecular flexibility index (Phi) is 4.96. The van der Waals surface area contributed by atoms with E-state index < -0.39 is 6.03 Å². The largest absolute Gasteiger partial charge is 0.351 e. The van der Waals surface area contributed by atoms with E-state index >= 15 is 0 Å². The van der Waals surface area contributed by atoms with Crippen LogP contribution in [-0.4, -0.2) is 18.0 Å². The first-order chi connectivity index (χ1) is 9.97. The Hall–Kier alpha value is -1.88. The number of hydrogen-bond acceptors (Lipinski definition) is 2. The second kappa shape index (κ2) is 6.72. The zero-order chi connectivity index (χ0) is 15.4. The molecule has 2 atom stereocenters. The second-order valence-electron chi connectivity index (χ2n) is 5.86. The third-order valence-corrected chi connectivity index (χ3v) is 4.14. The minimum Gasteiger partial charge on any atom is -0.351 e. The molecule has 0 heterocycles. The van der Waals surface area contributed by atoms with Gasteiger partial charge in [0, 0.05) is 5.56 Å². The van der Waals surface area contributed by atoms with Gasteiger partial charge in [0.05, 0.1) is 0 Å². The molecule has 1 aliphatic rings. The van der Waals surface area contributed by atoms with Gasteiger partial charge in [0.25, 0.3) is 5.91 Å². The molecule has 5 N–H and O–H groups in total. The molecule has 21 heavy (non-hydrogen) atoms. The molecule has 0 bridgehead atoms. The van der Waals surface area contributed by atoms with E-state index in [9.17, 15) is 9.59 Å². The number of fused-ring (bicyclic) bond motifs is 1. The summed E-state index contributed by atoms with van der Waals surface area (Å²) in [4.78, 5) is 22.4. The second-order valence-corrected chi connectivity index (χ2v) is 5.86. The van der Waals surface area contributed by atoms with E-state index in [2.05, 4.69) is 30.4 Å². The number of hydrogen-bond donors (Lipinski definition) is 3. The number of carbonyl (C=O) groups is 2. The maximum absolute atomic E-state index is 11.7. The van der Waals surface area contributed by atoms with E-state index in [0.717, 1.165) is 6.42 Å². The molecule has 5 heteroatoms. The summed E-state index contributed by atoms with van der Waals surface area (Å²) in [6.07, 6.45) is 4.85. The van der Waals surface area contributed by atoms with Crippen LogP contribution in [0.25, 0.3) is 0 Å². The smallest absolute Gasteiger partial charge is 0.319 e. The lowest BCUT2D eigenvalue weighted by Gasteiger charge is -2.20. The summed E-state index contributed by atoms with van der Waals surface area (Å²) in [6.45, 7) is 3.84. The average Bonchev–Trinajstić information content (AvgIpc) is 2.45. The third kappa shape index (κ3) is 4.04. The zero-order valence-corrected chi connectivity index (χ0v) is 12.7. The molecule has 3 amide bonds. The van der Waals surface area contributed by atoms with Crippen LogP contribution < -0.4 is 16.4 Å². The molecule has 1 aliphatic carbocycles. The average molecular weight is 290 g/mol. The normalized spacial score (nSPS) is 16.7. The maximum Gasteiger partial charge on any atom is 0.319 e. The third-order valence-electron chi connectivity index (χ3n) is 4.14. The fourth-order valence-electron chi connectivity index (χ4n) is 2.90. The van der Waals surface area contributed by atoms with Gasteiger partial charge in [-0.3, -0.25) is 10.1 Å². The first-order valence-corrected chi connectivity index (χ1v) is 7.54. The van der Waals surface area contributed by atoms with Crippen LogP contribution in [-0.2, 0) is 17.6 Å². The van der Waals surface area contributed by atoms with Gasteiger partial charge >= 0.3 is 6.03 Å². The molecule has 114 valence electrons. The highest BCUT2D eigenvalue weighted by molar-refractivity contribution is 5.95. The Balaban J connectivity index is 2.01. The molecule has 0 aromatic heterocycles. The van der Waals surface area contributed by atoms with E-state index in [0.29, 0.717) is 0 Å². The van der Waals surface area contributed by atoms with Crippen molar-refractivity contribution in [2.45, 2.75) is 51.6 Å². The quantitative estimate of drug-likeness (QED) is 0.765. The first kappa shape index (κ1) is 15.5. The van der Waals surface area contributed by atoms with Crippen LogP contribution >= 0.6 is 0 Å². The molecule has 0 unspecified atom stereocenters. The molecular formula is C16H24N3O2+. The zero-order valence-electron chi connectivity index (χ0n) is 12.7. The van der Waals surface area contributed by atoms with Gasteiger partial charge in [-0.25, -0.2) is 4.79 Å². The highest BCUT2D eigenvalue weighted by Crippen LogP contribution is 2.23. The van der Waals surface area contributed by atoms with E-state index in [4.69, 9.17) is 5.73 Å². The van der Waals surface area contributed by atoms with Crippen molar-refractivity contribution in [1.82, 2.24) is 5.32 Å². The Morgan fingerprint density at radius 3 is 2.52 bits per heavy atom. The van der Waals surface area contributed by atoms with Crippen LogP contribution in [0.3, 0.4) is 0 Å². The standard InChI is InChI=1S/C16H23N3O2/c1-10(18-11(2)15(20)19-16(17)21)13-8-7-12-5-3-4-6-14(12)9-13/h7-11,18H,3-6H2,1-2H3,(H3,17,19,20,21)/p+1/t10-,11+/m0/s1. The van der Waals surface area contributed by atoms with E-state index in [1.165, 1.54) is 36.0 Å². The topological polar surface area (TPSA) is 88.8 Å². The molecule has 0 aliphatic heterocycles. The van der Waals surface area contributed by atoms with Gasteiger partial charge in [-0.1, -0.05) is 12.1 Å². The molecule has 0 saturated carbocycles. The summed E-state index contributed by atoms with van der Waals surface area (Å²) < 4.78 is 0. The predicted octanol–water partition coefficient (Wildman–Crippen LogP) is 0.773. The maximum atomic E-state index is 11.7. The van der Waals surface area contributed by atoms with Crippen LogP contribution in [0.5, 0.6) is 0 Å². The molecule has 0 fully saturated rings. The summed E-state index contributed by atoms with van der Waals surface area (Å²) in [5.74, 6) is -0.354. The summed E-state index contributed by atoms with van der Waals surface area (Å²) in [6, 6.07) is 5.61. The monoisotopic (exact) mass is 290 g/mol. The van der Waals surface area contributed by atoms with Crippen LogP contribution in [0, 0.1) is 0 Å². The Morgan fingerprint density at radius 2 is 1.86 bits per heavy atom. The number of imide groups is 1. The van der Waals surface area contributed by atoms with Crippen LogP contribution in [0.4, 0.5) is 4.79 Å². The van der Waals surface area contributed by atoms with E-state index in [1.54, 1.807) is 6.92 Å². The van der Waals surface area contributed by atoms with Crippen molar-refractivity contribution in [2.75, 3.05) is 0 Å². The lowest BCUT2D eigenvalue weighted by atomic mass is 9.89. The summed E-state index contributed by atoms with van der Waals surface area (Å²) in [5.41, 5.74) is 9.08. The van der Waals surface area contributed by atoms with Gasteiger partial charge in [0.15, 0.2) is 6.04 Å². The number of urea groups is 1. The lowest BCUT2D eigenvalue weighted by Crippen LogP contribution is -2.92. The lowest BCUT2D eigenvalue weighted by molar-refractivity contribution is -0.710.